The predicted octanol–water partition coefficient (Wildman–Crippen LogP) is 3.69. The Morgan fingerprint density at radius 2 is 1.69 bits per heavy atom. The monoisotopic (exact) mass is 352 g/mol. The van der Waals surface area contributed by atoms with Crippen LogP contribution in [0.5, 0.6) is 0 Å². The van der Waals surface area contributed by atoms with E-state index in [0.29, 0.717) is 12.1 Å². The van der Waals surface area contributed by atoms with Gasteiger partial charge < -0.3 is 10.2 Å². The minimum absolute atomic E-state index is 0.0187. The minimum atomic E-state index is -0.0978. The zero-order valence-corrected chi connectivity index (χ0v) is 16.1. The summed E-state index contributed by atoms with van der Waals surface area (Å²) in [6.07, 6.45) is 0.419. The summed E-state index contributed by atoms with van der Waals surface area (Å²) < 4.78 is 0. The highest BCUT2D eigenvalue weighted by Gasteiger charge is 2.17. The van der Waals surface area contributed by atoms with Gasteiger partial charge in [-0.3, -0.25) is 9.59 Å². The molecule has 1 atom stereocenters. The van der Waals surface area contributed by atoms with Crippen LogP contribution in [-0.4, -0.2) is 37.2 Å². The molecule has 0 aliphatic carbocycles. The molecule has 2 aromatic carbocycles. The second-order valence-electron chi connectivity index (χ2n) is 7.03. The summed E-state index contributed by atoms with van der Waals surface area (Å²) in [7, 11) is 3.96. The summed E-state index contributed by atoms with van der Waals surface area (Å²) in [4.78, 5) is 26.9. The Morgan fingerprint density at radius 1 is 1.00 bits per heavy atom. The second kappa shape index (κ2) is 9.30. The molecule has 0 spiro atoms. The summed E-state index contributed by atoms with van der Waals surface area (Å²) in [5.41, 5.74) is 3.79. The highest BCUT2D eigenvalue weighted by atomic mass is 16.2. The number of likely N-dealkylation sites (N-methyl/N-ethyl adjacent to an activating group) is 1. The molecule has 2 rings (SSSR count). The van der Waals surface area contributed by atoms with Crippen LogP contribution in [0.3, 0.4) is 0 Å². The van der Waals surface area contributed by atoms with Crippen molar-refractivity contribution in [1.82, 2.24) is 10.2 Å². The average molecular weight is 352 g/mol. The van der Waals surface area contributed by atoms with Crippen LogP contribution < -0.4 is 5.32 Å². The van der Waals surface area contributed by atoms with Crippen molar-refractivity contribution in [3.63, 3.8) is 0 Å². The molecule has 26 heavy (non-hydrogen) atoms. The van der Waals surface area contributed by atoms with Crippen molar-refractivity contribution >= 4 is 11.7 Å². The first kappa shape index (κ1) is 19.9. The van der Waals surface area contributed by atoms with Crippen molar-refractivity contribution in [2.24, 2.45) is 0 Å². The van der Waals surface area contributed by atoms with E-state index in [9.17, 15) is 9.59 Å². The van der Waals surface area contributed by atoms with Gasteiger partial charge in [-0.05, 0) is 45.1 Å². The number of nitrogens with zero attached hydrogens (tertiary/aromatic N) is 1. The number of hydrogen-bond acceptors (Lipinski definition) is 3. The van der Waals surface area contributed by atoms with Crippen molar-refractivity contribution in [2.45, 2.75) is 32.7 Å². The van der Waals surface area contributed by atoms with E-state index >= 15 is 0 Å². The van der Waals surface area contributed by atoms with Crippen LogP contribution >= 0.6 is 0 Å². The maximum Gasteiger partial charge on any atom is 0.220 e. The van der Waals surface area contributed by atoms with Gasteiger partial charge in [0, 0.05) is 24.9 Å². The van der Waals surface area contributed by atoms with Gasteiger partial charge in [-0.2, -0.15) is 0 Å². The van der Waals surface area contributed by atoms with Gasteiger partial charge in [0.25, 0.3) is 0 Å². The lowest BCUT2D eigenvalue weighted by Gasteiger charge is -2.23. The number of carbonyl (C=O) groups excluding carboxylic acids is 2. The van der Waals surface area contributed by atoms with E-state index in [-0.39, 0.29) is 30.6 Å². The Hall–Kier alpha value is -2.46. The molecule has 1 N–H and O–H groups in total. The van der Waals surface area contributed by atoms with Gasteiger partial charge in [0.15, 0.2) is 5.78 Å². The summed E-state index contributed by atoms with van der Waals surface area (Å²) in [5, 5.41) is 3.06. The second-order valence-corrected chi connectivity index (χ2v) is 7.03. The van der Waals surface area contributed by atoms with Crippen LogP contribution in [-0.2, 0) is 4.79 Å². The van der Waals surface area contributed by atoms with Crippen molar-refractivity contribution in [1.29, 1.82) is 0 Å². The number of nitrogens with one attached hydrogen (secondary N) is 1. The van der Waals surface area contributed by atoms with Gasteiger partial charge in [-0.25, -0.2) is 0 Å². The first-order valence-electron chi connectivity index (χ1n) is 8.96. The Kier molecular flexibility index (Phi) is 7.10. The Labute approximate surface area is 156 Å². The van der Waals surface area contributed by atoms with Gasteiger partial charge in [-0.1, -0.05) is 48.0 Å². The Bertz CT molecular complexity index is 754. The number of aryl methyl sites for hydroxylation is 2. The van der Waals surface area contributed by atoms with Crippen molar-refractivity contribution in [3.8, 4) is 0 Å². The fourth-order valence-electron chi connectivity index (χ4n) is 2.95. The van der Waals surface area contributed by atoms with E-state index in [0.717, 1.165) is 16.7 Å². The number of ketones is 1. The van der Waals surface area contributed by atoms with Crippen LogP contribution in [0.25, 0.3) is 0 Å². The third-order valence-corrected chi connectivity index (χ3v) is 4.36. The molecule has 4 nitrogen and oxygen atoms in total. The summed E-state index contributed by atoms with van der Waals surface area (Å²) in [5.74, 6) is -0.0791. The molecule has 0 heterocycles. The Balaban J connectivity index is 1.97. The number of benzene rings is 2. The maximum absolute atomic E-state index is 12.5. The van der Waals surface area contributed by atoms with E-state index in [1.54, 1.807) is 0 Å². The third kappa shape index (κ3) is 5.81. The smallest absolute Gasteiger partial charge is 0.220 e. The first-order chi connectivity index (χ1) is 12.4. The molecule has 138 valence electrons. The van der Waals surface area contributed by atoms with Gasteiger partial charge in [0.1, 0.15) is 0 Å². The molecule has 0 aliphatic rings. The van der Waals surface area contributed by atoms with Crippen LogP contribution in [0.1, 0.15) is 45.9 Å². The van der Waals surface area contributed by atoms with E-state index in [1.807, 2.05) is 81.4 Å². The van der Waals surface area contributed by atoms with Crippen LogP contribution in [0.15, 0.2) is 48.5 Å². The SMILES string of the molecule is Cc1ccc(C)c(C(=O)CCC(=O)N[C@@H](CN(C)C)c2ccccc2)c1. The normalized spacial score (nSPS) is 12.0. The van der Waals surface area contributed by atoms with E-state index in [2.05, 4.69) is 5.32 Å². The van der Waals surface area contributed by atoms with Crippen molar-refractivity contribution < 1.29 is 9.59 Å². The molecule has 4 heteroatoms. The number of rotatable bonds is 8. The molecule has 0 fully saturated rings. The van der Waals surface area contributed by atoms with E-state index in [1.165, 1.54) is 0 Å². The standard InChI is InChI=1S/C22H28N2O2/c1-16-10-11-17(2)19(14-16)21(25)12-13-22(26)23-20(15-24(3)4)18-8-6-5-7-9-18/h5-11,14,20H,12-13,15H2,1-4H3,(H,23,26)/t20-/m0/s1. The maximum atomic E-state index is 12.5. The zero-order chi connectivity index (χ0) is 19.1. The minimum Gasteiger partial charge on any atom is -0.348 e. The quantitative estimate of drug-likeness (QED) is 0.737. The van der Waals surface area contributed by atoms with Gasteiger partial charge in [0.2, 0.25) is 5.91 Å². The lowest BCUT2D eigenvalue weighted by atomic mass is 9.99. The van der Waals surface area contributed by atoms with Gasteiger partial charge >= 0.3 is 0 Å². The summed E-state index contributed by atoms with van der Waals surface area (Å²) >= 11 is 0. The fraction of sp³-hybridized carbons (Fsp3) is 0.364. The molecule has 0 bridgehead atoms. The zero-order valence-electron chi connectivity index (χ0n) is 16.1. The first-order valence-corrected chi connectivity index (χ1v) is 8.96. The number of hydrogen-bond donors (Lipinski definition) is 1. The van der Waals surface area contributed by atoms with Crippen LogP contribution in [0.2, 0.25) is 0 Å². The number of carbonyl (C=O) groups is 2. The lowest BCUT2D eigenvalue weighted by Crippen LogP contribution is -2.35. The number of amides is 1. The van der Waals surface area contributed by atoms with Crippen molar-refractivity contribution in [3.05, 3.63) is 70.8 Å². The summed E-state index contributed by atoms with van der Waals surface area (Å²) in [6, 6.07) is 15.7. The summed E-state index contributed by atoms with van der Waals surface area (Å²) in [6.45, 7) is 4.60. The van der Waals surface area contributed by atoms with Crippen LogP contribution in [0, 0.1) is 13.8 Å². The fourth-order valence-corrected chi connectivity index (χ4v) is 2.95. The topological polar surface area (TPSA) is 49.4 Å². The van der Waals surface area contributed by atoms with E-state index < -0.39 is 0 Å². The average Bonchev–Trinajstić information content (AvgIpc) is 2.61. The molecular formula is C22H28N2O2. The Morgan fingerprint density at radius 3 is 2.35 bits per heavy atom. The third-order valence-electron chi connectivity index (χ3n) is 4.36. The molecule has 2 aromatic rings. The molecule has 0 saturated carbocycles. The molecular weight excluding hydrogens is 324 g/mol. The molecule has 0 radical (unpaired) electrons. The lowest BCUT2D eigenvalue weighted by molar-refractivity contribution is -0.121. The highest BCUT2D eigenvalue weighted by molar-refractivity contribution is 5.99. The molecule has 1 amide bonds. The van der Waals surface area contributed by atoms with E-state index in [4.69, 9.17) is 0 Å². The van der Waals surface area contributed by atoms with Crippen LogP contribution in [0.4, 0.5) is 0 Å². The largest absolute Gasteiger partial charge is 0.348 e. The van der Waals surface area contributed by atoms with Gasteiger partial charge in [-0.15, -0.1) is 0 Å². The van der Waals surface area contributed by atoms with Crippen molar-refractivity contribution in [2.75, 3.05) is 20.6 Å². The molecule has 0 aromatic heterocycles. The number of Topliss-reactive ketones (excluding diaryl/α,β-unsaturated/α-hetero) is 1. The highest BCUT2D eigenvalue weighted by Crippen LogP contribution is 2.16. The van der Waals surface area contributed by atoms with Gasteiger partial charge in [0.05, 0.1) is 6.04 Å². The molecule has 0 unspecified atom stereocenters. The molecule has 0 aliphatic heterocycles. The predicted molar refractivity (Wildman–Crippen MR) is 105 cm³/mol. The molecule has 0 saturated heterocycles.